The van der Waals surface area contributed by atoms with Crippen LogP contribution in [0.15, 0.2) is 73.2 Å². The van der Waals surface area contributed by atoms with Gasteiger partial charge in [-0.3, -0.25) is 10.1 Å². The van der Waals surface area contributed by atoms with Crippen LogP contribution in [0.4, 0.5) is 19.1 Å². The Morgan fingerprint density at radius 1 is 1.06 bits per heavy atom. The third kappa shape index (κ3) is 4.10. The van der Waals surface area contributed by atoms with Crippen LogP contribution < -0.4 is 5.32 Å². The number of hydrogen-bond donors (Lipinski definition) is 1. The van der Waals surface area contributed by atoms with E-state index in [1.165, 1.54) is 23.1 Å². The molecule has 1 amide bonds. The molecule has 0 aliphatic rings. The molecule has 0 spiro atoms. The highest BCUT2D eigenvalue weighted by Crippen LogP contribution is 2.27. The second-order valence-corrected chi connectivity index (χ2v) is 7.34. The largest absolute Gasteiger partial charge is 0.289 e. The number of aromatic nitrogens is 6. The summed E-state index contributed by atoms with van der Waals surface area (Å²) in [5.41, 5.74) is 0.864. The lowest BCUT2D eigenvalue weighted by atomic mass is 10.1. The SMILES string of the molecule is O=C(Nc1ncn(Cc2ccccc2F)n1)c1cnn2c(C(F)F)cc(-c3ccccc3)nc12. The van der Waals surface area contributed by atoms with Crippen molar-refractivity contribution in [1.29, 1.82) is 0 Å². The Hall–Kier alpha value is -4.54. The zero-order valence-corrected chi connectivity index (χ0v) is 17.4. The van der Waals surface area contributed by atoms with E-state index in [0.29, 0.717) is 11.1 Å². The van der Waals surface area contributed by atoms with Crippen molar-refractivity contribution in [2.75, 3.05) is 5.32 Å². The standard InChI is InChI=1S/C23H16F3N7O/c24-17-9-5-4-8-15(17)12-32-13-27-23(31-32)30-22(34)16-11-28-33-19(20(25)26)10-18(29-21(16)33)14-6-2-1-3-7-14/h1-11,13,20H,12H2,(H,30,31,34). The maximum Gasteiger partial charge on any atom is 0.280 e. The average molecular weight is 463 g/mol. The summed E-state index contributed by atoms with van der Waals surface area (Å²) in [7, 11) is 0. The van der Waals surface area contributed by atoms with Crippen molar-refractivity contribution < 1.29 is 18.0 Å². The molecule has 0 radical (unpaired) electrons. The molecule has 0 aliphatic carbocycles. The molecule has 5 rings (SSSR count). The Morgan fingerprint density at radius 2 is 1.82 bits per heavy atom. The van der Waals surface area contributed by atoms with E-state index in [2.05, 4.69) is 25.5 Å². The first-order valence-electron chi connectivity index (χ1n) is 10.2. The molecule has 0 saturated heterocycles. The topological polar surface area (TPSA) is 90.0 Å². The third-order valence-corrected chi connectivity index (χ3v) is 5.09. The van der Waals surface area contributed by atoms with E-state index in [1.54, 1.807) is 48.5 Å². The number of anilines is 1. The predicted molar refractivity (Wildman–Crippen MR) is 117 cm³/mol. The van der Waals surface area contributed by atoms with E-state index in [0.717, 1.165) is 10.7 Å². The molecule has 170 valence electrons. The maximum atomic E-state index is 13.9. The van der Waals surface area contributed by atoms with Crippen LogP contribution in [0.2, 0.25) is 0 Å². The predicted octanol–water partition coefficient (Wildman–Crippen LogP) is 4.37. The van der Waals surface area contributed by atoms with Gasteiger partial charge in [0, 0.05) is 11.1 Å². The molecule has 5 aromatic rings. The molecule has 0 fully saturated rings. The van der Waals surface area contributed by atoms with Gasteiger partial charge in [0.15, 0.2) is 5.65 Å². The number of rotatable bonds is 6. The summed E-state index contributed by atoms with van der Waals surface area (Å²) in [5, 5.41) is 10.6. The van der Waals surface area contributed by atoms with Gasteiger partial charge in [-0.15, -0.1) is 5.10 Å². The number of fused-ring (bicyclic) bond motifs is 1. The van der Waals surface area contributed by atoms with E-state index < -0.39 is 18.0 Å². The van der Waals surface area contributed by atoms with Crippen LogP contribution in [-0.4, -0.2) is 35.3 Å². The van der Waals surface area contributed by atoms with Gasteiger partial charge in [-0.1, -0.05) is 48.5 Å². The minimum Gasteiger partial charge on any atom is -0.289 e. The average Bonchev–Trinajstić information content (AvgIpc) is 3.47. The van der Waals surface area contributed by atoms with Crippen molar-refractivity contribution in [2.24, 2.45) is 0 Å². The molecular weight excluding hydrogens is 447 g/mol. The fourth-order valence-corrected chi connectivity index (χ4v) is 3.46. The zero-order valence-electron chi connectivity index (χ0n) is 17.4. The molecule has 3 aromatic heterocycles. The van der Waals surface area contributed by atoms with Gasteiger partial charge in [0.25, 0.3) is 12.3 Å². The highest BCUT2D eigenvalue weighted by molar-refractivity contribution is 6.07. The van der Waals surface area contributed by atoms with E-state index in [1.807, 2.05) is 0 Å². The summed E-state index contributed by atoms with van der Waals surface area (Å²) in [4.78, 5) is 21.3. The molecule has 0 unspecified atom stereocenters. The van der Waals surface area contributed by atoms with Crippen LogP contribution in [0.25, 0.3) is 16.9 Å². The van der Waals surface area contributed by atoms with Crippen LogP contribution in [0.5, 0.6) is 0 Å². The monoisotopic (exact) mass is 463 g/mol. The first-order valence-corrected chi connectivity index (χ1v) is 10.2. The van der Waals surface area contributed by atoms with Crippen molar-refractivity contribution in [2.45, 2.75) is 13.0 Å². The van der Waals surface area contributed by atoms with Crippen molar-refractivity contribution in [1.82, 2.24) is 29.4 Å². The Labute approximate surface area is 190 Å². The second kappa shape index (κ2) is 8.77. The Morgan fingerprint density at radius 3 is 2.59 bits per heavy atom. The number of amides is 1. The van der Waals surface area contributed by atoms with Gasteiger partial charge in [-0.2, -0.15) is 5.10 Å². The van der Waals surface area contributed by atoms with E-state index >= 15 is 0 Å². The second-order valence-electron chi connectivity index (χ2n) is 7.34. The molecular formula is C23H16F3N7O. The van der Waals surface area contributed by atoms with Gasteiger partial charge in [0.1, 0.15) is 23.4 Å². The summed E-state index contributed by atoms with van der Waals surface area (Å²) in [6.45, 7) is 0.117. The van der Waals surface area contributed by atoms with Crippen LogP contribution >= 0.6 is 0 Å². The summed E-state index contributed by atoms with van der Waals surface area (Å²) in [6.07, 6.45) is -0.326. The zero-order chi connectivity index (χ0) is 23.7. The normalized spacial score (nSPS) is 11.3. The number of benzene rings is 2. The van der Waals surface area contributed by atoms with Crippen molar-refractivity contribution >= 4 is 17.5 Å². The number of halogens is 3. The highest BCUT2D eigenvalue weighted by Gasteiger charge is 2.22. The Kier molecular flexibility index (Phi) is 5.50. The van der Waals surface area contributed by atoms with Gasteiger partial charge in [0.2, 0.25) is 5.95 Å². The van der Waals surface area contributed by atoms with Gasteiger partial charge < -0.3 is 0 Å². The summed E-state index contributed by atoms with van der Waals surface area (Å²) in [5.74, 6) is -1.09. The lowest BCUT2D eigenvalue weighted by molar-refractivity contribution is 0.102. The summed E-state index contributed by atoms with van der Waals surface area (Å²) >= 11 is 0. The molecule has 1 N–H and O–H groups in total. The summed E-state index contributed by atoms with van der Waals surface area (Å²) in [6, 6.07) is 16.3. The number of alkyl halides is 2. The third-order valence-electron chi connectivity index (χ3n) is 5.09. The first-order chi connectivity index (χ1) is 16.5. The molecule has 8 nitrogen and oxygen atoms in total. The fourth-order valence-electron chi connectivity index (χ4n) is 3.46. The first kappa shape index (κ1) is 21.3. The quantitative estimate of drug-likeness (QED) is 0.404. The number of carbonyl (C=O) groups excluding carboxylic acids is 1. The number of nitrogens with zero attached hydrogens (tertiary/aromatic N) is 6. The Balaban J connectivity index is 1.44. The van der Waals surface area contributed by atoms with Gasteiger partial charge in [-0.05, 0) is 12.1 Å². The van der Waals surface area contributed by atoms with Gasteiger partial charge >= 0.3 is 0 Å². The van der Waals surface area contributed by atoms with Crippen LogP contribution in [0.3, 0.4) is 0 Å². The molecule has 0 bridgehead atoms. The minimum atomic E-state index is -2.83. The smallest absolute Gasteiger partial charge is 0.280 e. The maximum absolute atomic E-state index is 13.9. The number of nitrogens with one attached hydrogen (secondary N) is 1. The van der Waals surface area contributed by atoms with E-state index in [-0.39, 0.29) is 35.2 Å². The van der Waals surface area contributed by atoms with Crippen LogP contribution in [0, 0.1) is 5.82 Å². The molecule has 0 atom stereocenters. The number of carbonyl (C=O) groups is 1. The fraction of sp³-hybridized carbons (Fsp3) is 0.0870. The molecule has 2 aromatic carbocycles. The van der Waals surface area contributed by atoms with E-state index in [9.17, 15) is 18.0 Å². The summed E-state index contributed by atoms with van der Waals surface area (Å²) < 4.78 is 43.6. The molecule has 0 saturated carbocycles. The van der Waals surface area contributed by atoms with Crippen molar-refractivity contribution in [3.63, 3.8) is 0 Å². The van der Waals surface area contributed by atoms with Gasteiger partial charge in [-0.25, -0.2) is 32.3 Å². The lowest BCUT2D eigenvalue weighted by Crippen LogP contribution is -2.14. The molecule has 34 heavy (non-hydrogen) atoms. The number of hydrogen-bond acceptors (Lipinski definition) is 5. The lowest BCUT2D eigenvalue weighted by Gasteiger charge is -2.08. The van der Waals surface area contributed by atoms with Gasteiger partial charge in [0.05, 0.1) is 18.4 Å². The molecule has 11 heteroatoms. The molecule has 3 heterocycles. The van der Waals surface area contributed by atoms with Crippen molar-refractivity contribution in [3.8, 4) is 11.3 Å². The van der Waals surface area contributed by atoms with Crippen LogP contribution in [-0.2, 0) is 6.54 Å². The van der Waals surface area contributed by atoms with Crippen molar-refractivity contribution in [3.05, 3.63) is 95.8 Å². The Bertz CT molecular complexity index is 1480. The minimum absolute atomic E-state index is 0.0230. The van der Waals surface area contributed by atoms with E-state index in [4.69, 9.17) is 0 Å². The highest BCUT2D eigenvalue weighted by atomic mass is 19.3. The van der Waals surface area contributed by atoms with Crippen LogP contribution in [0.1, 0.15) is 28.0 Å². The molecule has 0 aliphatic heterocycles.